The van der Waals surface area contributed by atoms with E-state index in [9.17, 15) is 4.79 Å². The van der Waals surface area contributed by atoms with E-state index in [4.69, 9.17) is 10.5 Å². The predicted molar refractivity (Wildman–Crippen MR) is 66.2 cm³/mol. The lowest BCUT2D eigenvalue weighted by atomic mass is 9.87. The molecule has 1 rings (SSSR count). The van der Waals surface area contributed by atoms with Gasteiger partial charge < -0.3 is 10.5 Å². The fraction of sp³-hybridized carbons (Fsp3) is 0.417. The lowest BCUT2D eigenvalue weighted by Crippen LogP contribution is -2.26. The summed E-state index contributed by atoms with van der Waals surface area (Å²) in [6.07, 6.45) is 1.36. The van der Waals surface area contributed by atoms with Gasteiger partial charge in [-0.05, 0) is 32.2 Å². The minimum Gasteiger partial charge on any atom is -0.463 e. The molecule has 0 saturated carbocycles. The molecular formula is C12H17NO2S. The number of ether oxygens (including phenoxy) is 1. The molecule has 3 nitrogen and oxygen atoms in total. The van der Waals surface area contributed by atoms with Crippen LogP contribution < -0.4 is 5.73 Å². The van der Waals surface area contributed by atoms with Crippen molar-refractivity contribution in [2.45, 2.75) is 26.2 Å². The van der Waals surface area contributed by atoms with Crippen LogP contribution in [0.4, 0.5) is 0 Å². The van der Waals surface area contributed by atoms with Crippen LogP contribution in [-0.2, 0) is 14.9 Å². The molecular weight excluding hydrogens is 222 g/mol. The van der Waals surface area contributed by atoms with Gasteiger partial charge in [0.1, 0.15) is 0 Å². The summed E-state index contributed by atoms with van der Waals surface area (Å²) < 4.78 is 4.83. The highest BCUT2D eigenvalue weighted by Crippen LogP contribution is 2.31. The molecule has 1 aromatic rings. The third kappa shape index (κ3) is 2.85. The van der Waals surface area contributed by atoms with Gasteiger partial charge in [0.15, 0.2) is 0 Å². The van der Waals surface area contributed by atoms with Crippen LogP contribution in [0.1, 0.15) is 25.6 Å². The topological polar surface area (TPSA) is 52.3 Å². The van der Waals surface area contributed by atoms with Crippen LogP contribution in [0.3, 0.4) is 0 Å². The van der Waals surface area contributed by atoms with E-state index in [0.717, 1.165) is 4.88 Å². The van der Waals surface area contributed by atoms with E-state index in [-0.39, 0.29) is 11.4 Å². The predicted octanol–water partition coefficient (Wildman–Crippen LogP) is 2.43. The normalized spacial score (nSPS) is 12.6. The number of carbonyl (C=O) groups is 1. The van der Waals surface area contributed by atoms with E-state index in [1.165, 1.54) is 6.08 Å². The molecule has 0 spiro atoms. The summed E-state index contributed by atoms with van der Waals surface area (Å²) in [5.41, 5.74) is 6.13. The Morgan fingerprint density at radius 3 is 2.81 bits per heavy atom. The van der Waals surface area contributed by atoms with E-state index in [1.807, 2.05) is 31.4 Å². The first kappa shape index (κ1) is 12.8. The van der Waals surface area contributed by atoms with Crippen molar-refractivity contribution in [2.75, 3.05) is 6.61 Å². The number of thiophene rings is 1. The molecule has 16 heavy (non-hydrogen) atoms. The summed E-state index contributed by atoms with van der Waals surface area (Å²) in [7, 11) is 0. The Labute approximate surface area is 99.9 Å². The third-order valence-electron chi connectivity index (χ3n) is 2.42. The number of hydrogen-bond acceptors (Lipinski definition) is 4. The van der Waals surface area contributed by atoms with E-state index >= 15 is 0 Å². The molecule has 88 valence electrons. The van der Waals surface area contributed by atoms with Crippen molar-refractivity contribution in [3.63, 3.8) is 0 Å². The Hall–Kier alpha value is -1.29. The number of nitrogens with two attached hydrogens (primary N) is 1. The monoisotopic (exact) mass is 239 g/mol. The van der Waals surface area contributed by atoms with Crippen LogP contribution in [-0.4, -0.2) is 12.6 Å². The van der Waals surface area contributed by atoms with Crippen molar-refractivity contribution in [3.8, 4) is 0 Å². The van der Waals surface area contributed by atoms with Crippen molar-refractivity contribution >= 4 is 17.3 Å². The zero-order chi connectivity index (χ0) is 12.2. The van der Waals surface area contributed by atoms with Crippen molar-refractivity contribution < 1.29 is 9.53 Å². The highest BCUT2D eigenvalue weighted by Gasteiger charge is 2.25. The van der Waals surface area contributed by atoms with E-state index in [2.05, 4.69) is 0 Å². The number of esters is 1. The van der Waals surface area contributed by atoms with Crippen LogP contribution in [0.15, 0.2) is 29.3 Å². The van der Waals surface area contributed by atoms with Gasteiger partial charge in [-0.2, -0.15) is 0 Å². The first-order valence-electron chi connectivity index (χ1n) is 5.17. The summed E-state index contributed by atoms with van der Waals surface area (Å²) in [4.78, 5) is 12.4. The van der Waals surface area contributed by atoms with E-state index < -0.39 is 0 Å². The maximum absolute atomic E-state index is 11.3. The smallest absolute Gasteiger partial charge is 0.332 e. The number of allylic oxidation sites excluding steroid dienone is 1. The largest absolute Gasteiger partial charge is 0.463 e. The van der Waals surface area contributed by atoms with Gasteiger partial charge in [-0.3, -0.25) is 0 Å². The Morgan fingerprint density at radius 2 is 2.31 bits per heavy atom. The van der Waals surface area contributed by atoms with Gasteiger partial charge in [-0.1, -0.05) is 6.07 Å². The van der Waals surface area contributed by atoms with Gasteiger partial charge in [-0.15, -0.1) is 11.3 Å². The molecule has 0 fully saturated rings. The molecule has 0 amide bonds. The summed E-state index contributed by atoms with van der Waals surface area (Å²) in [6.45, 7) is 6.11. The minimum absolute atomic E-state index is 0.332. The van der Waals surface area contributed by atoms with Gasteiger partial charge in [-0.25, -0.2) is 4.79 Å². The second-order valence-corrected chi connectivity index (χ2v) is 4.90. The van der Waals surface area contributed by atoms with Crippen LogP contribution in [0.5, 0.6) is 0 Å². The molecule has 0 atom stereocenters. The van der Waals surface area contributed by atoms with Crippen LogP contribution in [0.25, 0.3) is 0 Å². The number of carbonyl (C=O) groups excluding carboxylic acids is 1. The van der Waals surface area contributed by atoms with Gasteiger partial charge in [0.25, 0.3) is 0 Å². The van der Waals surface area contributed by atoms with E-state index in [0.29, 0.717) is 12.3 Å². The molecule has 0 bridgehead atoms. The van der Waals surface area contributed by atoms with Crippen molar-refractivity contribution in [3.05, 3.63) is 34.2 Å². The van der Waals surface area contributed by atoms with Crippen molar-refractivity contribution in [1.82, 2.24) is 0 Å². The Balaban J connectivity index is 2.87. The minimum atomic E-state index is -0.385. The maximum Gasteiger partial charge on any atom is 0.332 e. The highest BCUT2D eigenvalue weighted by atomic mass is 32.1. The molecule has 0 unspecified atom stereocenters. The van der Waals surface area contributed by atoms with Crippen molar-refractivity contribution in [2.24, 2.45) is 5.73 Å². The molecule has 0 aromatic carbocycles. The quantitative estimate of drug-likeness (QED) is 0.648. The summed E-state index contributed by atoms with van der Waals surface area (Å²) in [5, 5.41) is 1.99. The molecule has 0 aliphatic carbocycles. The van der Waals surface area contributed by atoms with Gasteiger partial charge in [0.2, 0.25) is 0 Å². The van der Waals surface area contributed by atoms with Gasteiger partial charge in [0.05, 0.1) is 6.61 Å². The van der Waals surface area contributed by atoms with Crippen LogP contribution in [0.2, 0.25) is 0 Å². The molecule has 0 aliphatic rings. The molecule has 4 heteroatoms. The maximum atomic E-state index is 11.3. The summed E-state index contributed by atoms with van der Waals surface area (Å²) in [5.74, 6) is -0.385. The average molecular weight is 239 g/mol. The van der Waals surface area contributed by atoms with Crippen LogP contribution in [0, 0.1) is 0 Å². The lowest BCUT2D eigenvalue weighted by molar-refractivity contribution is -0.137. The number of rotatable bonds is 4. The summed E-state index contributed by atoms with van der Waals surface area (Å²) in [6, 6.07) is 3.98. The molecule has 0 saturated heterocycles. The zero-order valence-corrected chi connectivity index (χ0v) is 10.6. The molecule has 0 radical (unpaired) electrons. The first-order valence-corrected chi connectivity index (χ1v) is 6.04. The van der Waals surface area contributed by atoms with Gasteiger partial charge >= 0.3 is 5.97 Å². The standard InChI is InChI=1S/C12H17NO2S/c1-4-15-11(14)8-9(13)12(2,3)10-6-5-7-16-10/h5-8H,4,13H2,1-3H3/b9-8-. The fourth-order valence-electron chi connectivity index (χ4n) is 1.27. The molecule has 0 aliphatic heterocycles. The van der Waals surface area contributed by atoms with Gasteiger partial charge in [0, 0.05) is 22.1 Å². The second kappa shape index (κ2) is 5.16. The average Bonchev–Trinajstić information content (AvgIpc) is 2.70. The molecule has 1 heterocycles. The first-order chi connectivity index (χ1) is 7.48. The third-order valence-corrected chi connectivity index (χ3v) is 3.61. The summed E-state index contributed by atoms with van der Waals surface area (Å²) >= 11 is 1.63. The van der Waals surface area contributed by atoms with Crippen molar-refractivity contribution in [1.29, 1.82) is 0 Å². The Kier molecular flexibility index (Phi) is 4.12. The highest BCUT2D eigenvalue weighted by molar-refractivity contribution is 7.10. The Bertz CT molecular complexity index is 380. The van der Waals surface area contributed by atoms with E-state index in [1.54, 1.807) is 18.3 Å². The second-order valence-electron chi connectivity index (χ2n) is 3.95. The van der Waals surface area contributed by atoms with Crippen LogP contribution >= 0.6 is 11.3 Å². The Morgan fingerprint density at radius 1 is 1.62 bits per heavy atom. The molecule has 1 aromatic heterocycles. The molecule has 2 N–H and O–H groups in total. The SMILES string of the molecule is CCOC(=O)/C=C(\N)C(C)(C)c1cccs1. The zero-order valence-electron chi connectivity index (χ0n) is 9.82. The lowest BCUT2D eigenvalue weighted by Gasteiger charge is -2.23. The fourth-order valence-corrected chi connectivity index (χ4v) is 2.14. The number of hydrogen-bond donors (Lipinski definition) is 1.